The Balaban J connectivity index is 0.000000454. The molecule has 1 aromatic carbocycles. The minimum Gasteiger partial charge on any atom is -0.475 e. The van der Waals surface area contributed by atoms with E-state index in [9.17, 15) is 18.0 Å². The van der Waals surface area contributed by atoms with Gasteiger partial charge in [0.15, 0.2) is 11.5 Å². The molecule has 0 radical (unpaired) electrons. The Bertz CT molecular complexity index is 1320. The lowest BCUT2D eigenvalue weighted by molar-refractivity contribution is -0.192. The number of alkyl halides is 3. The molecule has 13 heteroatoms. The standard InChI is InChI=1S/C21H23N7O.C2HF3O2/c1-26(2)13-6-10-23-21(29)19-18-15-22-12-14-27(18)20(25-19)17-9-11-24-28(17)16-7-4-3-5-8-16;3-2(4,5)1(6)7/h3-5,7-9,11-12,14-15H,6,10,13H2,1-2H3,(H,23,29);(H,6,7). The van der Waals surface area contributed by atoms with Crippen molar-refractivity contribution in [1.29, 1.82) is 0 Å². The van der Waals surface area contributed by atoms with Crippen LogP contribution in [0.3, 0.4) is 0 Å². The van der Waals surface area contributed by atoms with Crippen molar-refractivity contribution >= 4 is 17.4 Å². The van der Waals surface area contributed by atoms with Crippen molar-refractivity contribution in [2.24, 2.45) is 0 Å². The number of carboxylic acids is 1. The summed E-state index contributed by atoms with van der Waals surface area (Å²) < 4.78 is 35.4. The van der Waals surface area contributed by atoms with Crippen molar-refractivity contribution in [3.05, 3.63) is 66.9 Å². The van der Waals surface area contributed by atoms with Gasteiger partial charge in [-0.3, -0.25) is 14.2 Å². The highest BCUT2D eigenvalue weighted by Crippen LogP contribution is 2.24. The minimum absolute atomic E-state index is 0.203. The third-order valence-corrected chi connectivity index (χ3v) is 4.84. The van der Waals surface area contributed by atoms with Gasteiger partial charge in [0.25, 0.3) is 5.91 Å². The van der Waals surface area contributed by atoms with E-state index in [-0.39, 0.29) is 5.91 Å². The van der Waals surface area contributed by atoms with Gasteiger partial charge in [-0.25, -0.2) is 14.5 Å². The first-order valence-corrected chi connectivity index (χ1v) is 10.7. The minimum atomic E-state index is -5.08. The van der Waals surface area contributed by atoms with Crippen molar-refractivity contribution in [2.75, 3.05) is 27.2 Å². The van der Waals surface area contributed by atoms with E-state index in [4.69, 9.17) is 9.90 Å². The Morgan fingerprint density at radius 3 is 2.44 bits per heavy atom. The van der Waals surface area contributed by atoms with Crippen molar-refractivity contribution in [1.82, 2.24) is 34.4 Å². The smallest absolute Gasteiger partial charge is 0.475 e. The van der Waals surface area contributed by atoms with Crippen molar-refractivity contribution in [3.8, 4) is 17.2 Å². The summed E-state index contributed by atoms with van der Waals surface area (Å²) in [5.74, 6) is -2.32. The average Bonchev–Trinajstić information content (AvgIpc) is 3.47. The summed E-state index contributed by atoms with van der Waals surface area (Å²) in [6.07, 6.45) is 2.67. The molecule has 2 N–H and O–H groups in total. The Hall–Kier alpha value is -4.26. The molecular formula is C23H24F3N7O3. The van der Waals surface area contributed by atoms with Crippen molar-refractivity contribution in [2.45, 2.75) is 12.6 Å². The highest BCUT2D eigenvalue weighted by molar-refractivity contribution is 5.99. The van der Waals surface area contributed by atoms with Gasteiger partial charge in [0.1, 0.15) is 5.69 Å². The molecule has 0 aliphatic rings. The highest BCUT2D eigenvalue weighted by atomic mass is 19.4. The Morgan fingerprint density at radius 1 is 1.11 bits per heavy atom. The molecule has 36 heavy (non-hydrogen) atoms. The molecule has 190 valence electrons. The monoisotopic (exact) mass is 503 g/mol. The van der Waals surface area contributed by atoms with Gasteiger partial charge in [-0.2, -0.15) is 18.3 Å². The van der Waals surface area contributed by atoms with Crippen molar-refractivity contribution in [3.63, 3.8) is 0 Å². The maximum atomic E-state index is 12.8. The largest absolute Gasteiger partial charge is 0.490 e. The summed E-state index contributed by atoms with van der Waals surface area (Å²) in [7, 11) is 4.02. The maximum absolute atomic E-state index is 12.8. The van der Waals surface area contributed by atoms with Gasteiger partial charge < -0.3 is 15.3 Å². The van der Waals surface area contributed by atoms with Gasteiger partial charge in [0.2, 0.25) is 0 Å². The van der Waals surface area contributed by atoms with Crippen LogP contribution in [-0.4, -0.2) is 79.4 Å². The number of imidazole rings is 1. The lowest BCUT2D eigenvalue weighted by Gasteiger charge is -2.09. The summed E-state index contributed by atoms with van der Waals surface area (Å²) in [6, 6.07) is 11.7. The van der Waals surface area contributed by atoms with Crippen LogP contribution in [0.1, 0.15) is 16.9 Å². The summed E-state index contributed by atoms with van der Waals surface area (Å²) in [6.45, 7) is 1.50. The lowest BCUT2D eigenvalue weighted by atomic mass is 10.3. The van der Waals surface area contributed by atoms with Crippen LogP contribution in [0, 0.1) is 0 Å². The number of benzene rings is 1. The van der Waals surface area contributed by atoms with E-state index < -0.39 is 12.1 Å². The number of carbonyl (C=O) groups is 2. The fourth-order valence-corrected chi connectivity index (χ4v) is 3.21. The Morgan fingerprint density at radius 2 is 1.81 bits per heavy atom. The van der Waals surface area contributed by atoms with E-state index >= 15 is 0 Å². The van der Waals surface area contributed by atoms with Gasteiger partial charge in [-0.1, -0.05) is 18.2 Å². The number of hydrogen-bond donors (Lipinski definition) is 2. The first-order chi connectivity index (χ1) is 17.1. The molecule has 10 nitrogen and oxygen atoms in total. The number of amides is 1. The van der Waals surface area contributed by atoms with Crippen LogP contribution in [-0.2, 0) is 4.79 Å². The molecule has 0 spiro atoms. The van der Waals surface area contributed by atoms with Crippen LogP contribution in [0.5, 0.6) is 0 Å². The summed E-state index contributed by atoms with van der Waals surface area (Å²) >= 11 is 0. The first-order valence-electron chi connectivity index (χ1n) is 10.7. The first kappa shape index (κ1) is 26.3. The molecule has 1 amide bonds. The van der Waals surface area contributed by atoms with Gasteiger partial charge in [-0.15, -0.1) is 0 Å². The molecule has 3 heterocycles. The van der Waals surface area contributed by atoms with Crippen LogP contribution in [0.25, 0.3) is 22.7 Å². The number of carbonyl (C=O) groups excluding carboxylic acids is 1. The predicted molar refractivity (Wildman–Crippen MR) is 125 cm³/mol. The van der Waals surface area contributed by atoms with Crippen molar-refractivity contribution < 1.29 is 27.9 Å². The van der Waals surface area contributed by atoms with Gasteiger partial charge in [-0.05, 0) is 45.3 Å². The normalized spacial score (nSPS) is 11.3. The molecule has 0 atom stereocenters. The molecular weight excluding hydrogens is 479 g/mol. The second kappa shape index (κ2) is 11.4. The number of fused-ring (bicyclic) bond motifs is 1. The van der Waals surface area contributed by atoms with Gasteiger partial charge >= 0.3 is 12.1 Å². The van der Waals surface area contributed by atoms with Crippen LogP contribution in [0.4, 0.5) is 13.2 Å². The maximum Gasteiger partial charge on any atom is 0.490 e. The number of hydrogen-bond acceptors (Lipinski definition) is 6. The average molecular weight is 503 g/mol. The molecule has 3 aromatic heterocycles. The molecule has 4 aromatic rings. The molecule has 4 rings (SSSR count). The second-order valence-electron chi connectivity index (χ2n) is 7.80. The van der Waals surface area contributed by atoms with Crippen LogP contribution in [0.15, 0.2) is 61.2 Å². The zero-order valence-electron chi connectivity index (χ0n) is 19.5. The molecule has 0 fully saturated rings. The fourth-order valence-electron chi connectivity index (χ4n) is 3.21. The number of para-hydroxylation sites is 1. The van der Waals surface area contributed by atoms with E-state index in [1.807, 2.05) is 65.8 Å². The van der Waals surface area contributed by atoms with E-state index in [2.05, 4.69) is 25.3 Å². The van der Waals surface area contributed by atoms with E-state index in [0.29, 0.717) is 23.6 Å². The quantitative estimate of drug-likeness (QED) is 0.373. The van der Waals surface area contributed by atoms with E-state index in [1.54, 1.807) is 18.6 Å². The molecule has 0 bridgehead atoms. The number of aromatic nitrogens is 5. The molecule has 0 aliphatic carbocycles. The molecule has 0 saturated heterocycles. The van der Waals surface area contributed by atoms with Gasteiger partial charge in [0.05, 0.1) is 23.6 Å². The summed E-state index contributed by atoms with van der Waals surface area (Å²) in [5, 5.41) is 14.5. The number of rotatable bonds is 7. The third-order valence-electron chi connectivity index (χ3n) is 4.84. The third kappa shape index (κ3) is 6.44. The second-order valence-corrected chi connectivity index (χ2v) is 7.80. The number of carboxylic acid groups (broad SMARTS) is 1. The zero-order chi connectivity index (χ0) is 26.3. The molecule has 0 saturated carbocycles. The molecule has 0 unspecified atom stereocenters. The summed E-state index contributed by atoms with van der Waals surface area (Å²) in [5.41, 5.74) is 2.74. The Labute approximate surface area is 204 Å². The topological polar surface area (TPSA) is 118 Å². The van der Waals surface area contributed by atoms with Crippen LogP contribution in [0.2, 0.25) is 0 Å². The van der Waals surface area contributed by atoms with E-state index in [0.717, 1.165) is 24.3 Å². The zero-order valence-corrected chi connectivity index (χ0v) is 19.5. The number of nitrogens with zero attached hydrogens (tertiary/aromatic N) is 6. The van der Waals surface area contributed by atoms with Gasteiger partial charge in [0, 0.05) is 18.9 Å². The number of halogens is 3. The van der Waals surface area contributed by atoms with Crippen LogP contribution < -0.4 is 5.32 Å². The molecule has 0 aliphatic heterocycles. The SMILES string of the molecule is CN(C)CCCNC(=O)c1nc(-c2ccnn2-c2ccccc2)n2ccncc12.O=C(O)C(F)(F)F. The number of aliphatic carboxylic acids is 1. The van der Waals surface area contributed by atoms with E-state index in [1.165, 1.54) is 0 Å². The predicted octanol–water partition coefficient (Wildman–Crippen LogP) is 2.90. The highest BCUT2D eigenvalue weighted by Gasteiger charge is 2.38. The lowest BCUT2D eigenvalue weighted by Crippen LogP contribution is -2.27. The fraction of sp³-hybridized carbons (Fsp3) is 0.261. The Kier molecular flexibility index (Phi) is 8.38. The summed E-state index contributed by atoms with van der Waals surface area (Å²) in [4.78, 5) is 32.6. The number of nitrogens with one attached hydrogen (secondary N) is 1. The van der Waals surface area contributed by atoms with Crippen LogP contribution >= 0.6 is 0 Å².